The van der Waals surface area contributed by atoms with Crippen LogP contribution < -0.4 is 16.4 Å². The number of amides is 1. The Balaban J connectivity index is 2.06. The van der Waals surface area contributed by atoms with Gasteiger partial charge in [-0.15, -0.1) is 0 Å². The summed E-state index contributed by atoms with van der Waals surface area (Å²) in [5.41, 5.74) is 10.3. The van der Waals surface area contributed by atoms with E-state index in [4.69, 9.17) is 5.73 Å². The Hall–Kier alpha value is -2.49. The molecule has 0 bridgehead atoms. The minimum Gasteiger partial charge on any atom is -0.397 e. The van der Waals surface area contributed by atoms with Crippen LogP contribution in [0.5, 0.6) is 0 Å². The lowest BCUT2D eigenvalue weighted by Crippen LogP contribution is -2.18. The third-order valence-electron chi connectivity index (χ3n) is 3.14. The summed E-state index contributed by atoms with van der Waals surface area (Å²) in [4.78, 5) is 11.5. The number of hydrogen-bond donors (Lipinski definition) is 3. The summed E-state index contributed by atoms with van der Waals surface area (Å²) in [7, 11) is 1.60. The molecule has 0 saturated heterocycles. The van der Waals surface area contributed by atoms with E-state index in [1.807, 2.05) is 6.07 Å². The molecule has 0 saturated carbocycles. The highest BCUT2D eigenvalue weighted by Gasteiger charge is 2.06. The van der Waals surface area contributed by atoms with Gasteiger partial charge in [0.25, 0.3) is 5.91 Å². The molecule has 4 N–H and O–H groups in total. The van der Waals surface area contributed by atoms with Crippen molar-refractivity contribution < 1.29 is 4.79 Å². The van der Waals surface area contributed by atoms with Crippen molar-refractivity contribution in [3.63, 3.8) is 0 Å². The zero-order chi connectivity index (χ0) is 14.5. The fourth-order valence-corrected chi connectivity index (χ4v) is 1.91. The van der Waals surface area contributed by atoms with Gasteiger partial charge in [-0.2, -0.15) is 0 Å². The number of nitrogens with two attached hydrogens (primary N) is 1. The van der Waals surface area contributed by atoms with Gasteiger partial charge in [-0.1, -0.05) is 29.8 Å². The molecule has 0 aliphatic carbocycles. The van der Waals surface area contributed by atoms with Crippen LogP contribution >= 0.6 is 0 Å². The minimum atomic E-state index is -0.137. The first-order chi connectivity index (χ1) is 9.60. The quantitative estimate of drug-likeness (QED) is 0.747. The van der Waals surface area contributed by atoms with Gasteiger partial charge in [-0.3, -0.25) is 4.79 Å². The van der Waals surface area contributed by atoms with Gasteiger partial charge in [0.05, 0.1) is 11.4 Å². The van der Waals surface area contributed by atoms with Gasteiger partial charge < -0.3 is 16.4 Å². The Morgan fingerprint density at radius 3 is 2.45 bits per heavy atom. The fourth-order valence-electron chi connectivity index (χ4n) is 1.91. The molecule has 0 unspecified atom stereocenters. The second-order valence-electron chi connectivity index (χ2n) is 4.72. The number of benzene rings is 2. The number of nitrogen functional groups attached to an aromatic ring is 1. The van der Waals surface area contributed by atoms with E-state index in [-0.39, 0.29) is 5.91 Å². The van der Waals surface area contributed by atoms with Gasteiger partial charge in [-0.25, -0.2) is 0 Å². The predicted molar refractivity (Wildman–Crippen MR) is 82.8 cm³/mol. The summed E-state index contributed by atoms with van der Waals surface area (Å²) in [6.45, 7) is 2.76. The molecule has 2 aromatic rings. The summed E-state index contributed by atoms with van der Waals surface area (Å²) in [5.74, 6) is -0.137. The van der Waals surface area contributed by atoms with Crippen LogP contribution in [0.25, 0.3) is 0 Å². The first kappa shape index (κ1) is 13.9. The standard InChI is InChI=1S/C16H19N3O/c1-11-3-5-12(6-4-11)10-19-15-8-7-13(9-14(15)17)16(20)18-2/h3-9,19H,10,17H2,1-2H3,(H,18,20). The number of anilines is 2. The molecule has 0 aliphatic heterocycles. The lowest BCUT2D eigenvalue weighted by Gasteiger charge is -2.11. The molecule has 0 spiro atoms. The third kappa shape index (κ3) is 3.29. The molecular weight excluding hydrogens is 250 g/mol. The monoisotopic (exact) mass is 269 g/mol. The van der Waals surface area contributed by atoms with Gasteiger partial charge in [0.15, 0.2) is 0 Å². The Morgan fingerprint density at radius 1 is 1.15 bits per heavy atom. The molecule has 0 atom stereocenters. The number of carbonyl (C=O) groups is 1. The molecule has 0 fully saturated rings. The van der Waals surface area contributed by atoms with Crippen LogP contribution in [0.4, 0.5) is 11.4 Å². The van der Waals surface area contributed by atoms with Gasteiger partial charge in [0, 0.05) is 19.2 Å². The molecule has 0 aromatic heterocycles. The van der Waals surface area contributed by atoms with E-state index >= 15 is 0 Å². The average Bonchev–Trinajstić information content (AvgIpc) is 2.46. The smallest absolute Gasteiger partial charge is 0.251 e. The number of nitrogens with one attached hydrogen (secondary N) is 2. The third-order valence-corrected chi connectivity index (χ3v) is 3.14. The molecule has 2 aromatic carbocycles. The summed E-state index contributed by atoms with van der Waals surface area (Å²) >= 11 is 0. The molecule has 104 valence electrons. The SMILES string of the molecule is CNC(=O)c1ccc(NCc2ccc(C)cc2)c(N)c1. The van der Waals surface area contributed by atoms with Crippen LogP contribution in [0.1, 0.15) is 21.5 Å². The van der Waals surface area contributed by atoms with E-state index < -0.39 is 0 Å². The molecule has 0 heterocycles. The van der Waals surface area contributed by atoms with Crippen LogP contribution in [0, 0.1) is 6.92 Å². The van der Waals surface area contributed by atoms with E-state index in [1.165, 1.54) is 11.1 Å². The lowest BCUT2D eigenvalue weighted by molar-refractivity contribution is 0.0963. The number of rotatable bonds is 4. The van der Waals surface area contributed by atoms with Crippen molar-refractivity contribution in [3.8, 4) is 0 Å². The topological polar surface area (TPSA) is 67.2 Å². The Labute approximate surface area is 119 Å². The first-order valence-electron chi connectivity index (χ1n) is 6.51. The van der Waals surface area contributed by atoms with E-state index in [0.717, 1.165) is 5.69 Å². The summed E-state index contributed by atoms with van der Waals surface area (Å²) < 4.78 is 0. The highest BCUT2D eigenvalue weighted by atomic mass is 16.1. The van der Waals surface area contributed by atoms with Crippen LogP contribution in [0.2, 0.25) is 0 Å². The second kappa shape index (κ2) is 6.10. The van der Waals surface area contributed by atoms with E-state index in [1.54, 1.807) is 19.2 Å². The van der Waals surface area contributed by atoms with Gasteiger partial charge in [0.2, 0.25) is 0 Å². The summed E-state index contributed by atoms with van der Waals surface area (Å²) in [6, 6.07) is 13.6. The number of hydrogen-bond acceptors (Lipinski definition) is 3. The average molecular weight is 269 g/mol. The second-order valence-corrected chi connectivity index (χ2v) is 4.72. The maximum absolute atomic E-state index is 11.5. The van der Waals surface area contributed by atoms with E-state index in [2.05, 4.69) is 41.8 Å². The highest BCUT2D eigenvalue weighted by molar-refractivity contribution is 5.95. The van der Waals surface area contributed by atoms with Gasteiger partial charge in [0.1, 0.15) is 0 Å². The zero-order valence-corrected chi connectivity index (χ0v) is 11.7. The maximum Gasteiger partial charge on any atom is 0.251 e. The van der Waals surface area contributed by atoms with Crippen molar-refractivity contribution in [2.24, 2.45) is 0 Å². The molecule has 4 heteroatoms. The number of aryl methyl sites for hydroxylation is 1. The molecule has 0 aliphatic rings. The fraction of sp³-hybridized carbons (Fsp3) is 0.188. The van der Waals surface area contributed by atoms with Gasteiger partial charge >= 0.3 is 0 Å². The first-order valence-corrected chi connectivity index (χ1v) is 6.51. The van der Waals surface area contributed by atoms with Crippen molar-refractivity contribution in [3.05, 3.63) is 59.2 Å². The molecular formula is C16H19N3O. The Kier molecular flexibility index (Phi) is 4.25. The predicted octanol–water partition coefficient (Wildman–Crippen LogP) is 2.55. The molecule has 0 radical (unpaired) electrons. The maximum atomic E-state index is 11.5. The normalized spacial score (nSPS) is 10.1. The summed E-state index contributed by atoms with van der Waals surface area (Å²) in [6.07, 6.45) is 0. The van der Waals surface area contributed by atoms with Crippen LogP contribution in [-0.2, 0) is 6.54 Å². The van der Waals surface area contributed by atoms with Crippen molar-refractivity contribution in [1.29, 1.82) is 0 Å². The van der Waals surface area contributed by atoms with E-state index in [9.17, 15) is 4.79 Å². The van der Waals surface area contributed by atoms with Crippen molar-refractivity contribution >= 4 is 17.3 Å². The van der Waals surface area contributed by atoms with Crippen molar-refractivity contribution in [2.45, 2.75) is 13.5 Å². The van der Waals surface area contributed by atoms with E-state index in [0.29, 0.717) is 17.8 Å². The molecule has 1 amide bonds. The van der Waals surface area contributed by atoms with Crippen LogP contribution in [-0.4, -0.2) is 13.0 Å². The molecule has 2 rings (SSSR count). The lowest BCUT2D eigenvalue weighted by atomic mass is 10.1. The molecule has 20 heavy (non-hydrogen) atoms. The highest BCUT2D eigenvalue weighted by Crippen LogP contribution is 2.20. The van der Waals surface area contributed by atoms with Gasteiger partial charge in [-0.05, 0) is 30.7 Å². The minimum absolute atomic E-state index is 0.137. The van der Waals surface area contributed by atoms with Crippen molar-refractivity contribution in [1.82, 2.24) is 5.32 Å². The zero-order valence-electron chi connectivity index (χ0n) is 11.7. The Morgan fingerprint density at radius 2 is 1.85 bits per heavy atom. The Bertz CT molecular complexity index is 606. The van der Waals surface area contributed by atoms with Crippen molar-refractivity contribution in [2.75, 3.05) is 18.1 Å². The molecule has 4 nitrogen and oxygen atoms in total. The van der Waals surface area contributed by atoms with Crippen LogP contribution in [0.15, 0.2) is 42.5 Å². The van der Waals surface area contributed by atoms with Crippen LogP contribution in [0.3, 0.4) is 0 Å². The summed E-state index contributed by atoms with van der Waals surface area (Å²) in [5, 5.41) is 5.85. The number of carbonyl (C=O) groups excluding carboxylic acids is 1. The largest absolute Gasteiger partial charge is 0.397 e.